The molecule has 0 heterocycles. The van der Waals surface area contributed by atoms with Crippen molar-refractivity contribution in [1.82, 2.24) is 0 Å². The fourth-order valence-corrected chi connectivity index (χ4v) is 1.51. The molecular formula is C12H12F3NO4. The van der Waals surface area contributed by atoms with E-state index in [9.17, 15) is 22.9 Å². The van der Waals surface area contributed by atoms with Gasteiger partial charge >= 0.3 is 11.9 Å². The third-order valence-electron chi connectivity index (χ3n) is 2.51. The van der Waals surface area contributed by atoms with Gasteiger partial charge in [-0.2, -0.15) is 5.12 Å². The molecule has 5 nitrogen and oxygen atoms in total. The molecule has 0 bridgehead atoms. The summed E-state index contributed by atoms with van der Waals surface area (Å²) in [6.45, 7) is 0. The summed E-state index contributed by atoms with van der Waals surface area (Å²) < 4.78 is 42.9. The summed E-state index contributed by atoms with van der Waals surface area (Å²) in [7, 11) is 0.960. The van der Waals surface area contributed by atoms with Crippen LogP contribution in [0.15, 0.2) is 24.3 Å². The molecule has 110 valence electrons. The molecule has 0 spiro atoms. The molecule has 1 N–H and O–H groups in total. The lowest BCUT2D eigenvalue weighted by Crippen LogP contribution is -2.38. The molecule has 0 fully saturated rings. The van der Waals surface area contributed by atoms with Crippen molar-refractivity contribution < 1.29 is 32.7 Å². The van der Waals surface area contributed by atoms with Crippen LogP contribution in [-0.4, -0.2) is 36.6 Å². The Morgan fingerprint density at radius 3 is 2.25 bits per heavy atom. The number of alkyl halides is 2. The van der Waals surface area contributed by atoms with Crippen LogP contribution < -0.4 is 5.12 Å². The van der Waals surface area contributed by atoms with E-state index in [1.54, 1.807) is 0 Å². The number of rotatable bonds is 6. The summed E-state index contributed by atoms with van der Waals surface area (Å²) in [5, 5.41) is 8.53. The first-order valence-electron chi connectivity index (χ1n) is 5.51. The van der Waals surface area contributed by atoms with Gasteiger partial charge in [0, 0.05) is 6.42 Å². The number of benzene rings is 1. The van der Waals surface area contributed by atoms with Gasteiger partial charge in [0.25, 0.3) is 0 Å². The number of halogens is 3. The molecule has 1 unspecified atom stereocenters. The summed E-state index contributed by atoms with van der Waals surface area (Å²) in [4.78, 5) is 21.9. The van der Waals surface area contributed by atoms with E-state index in [-0.39, 0.29) is 16.4 Å². The second kappa shape index (κ2) is 6.78. The molecule has 8 heteroatoms. The molecule has 0 aliphatic rings. The molecule has 1 aromatic rings. The summed E-state index contributed by atoms with van der Waals surface area (Å²) >= 11 is 0. The molecule has 0 aromatic heterocycles. The third-order valence-corrected chi connectivity index (χ3v) is 2.51. The minimum absolute atomic E-state index is 0.0920. The number of carbonyl (C=O) groups excluding carboxylic acids is 1. The first kappa shape index (κ1) is 15.8. The molecule has 20 heavy (non-hydrogen) atoms. The lowest BCUT2D eigenvalue weighted by atomic mass is 10.1. The second-order valence-corrected chi connectivity index (χ2v) is 3.83. The van der Waals surface area contributed by atoms with Gasteiger partial charge in [0.2, 0.25) is 6.43 Å². The number of carbonyl (C=O) groups is 2. The Bertz CT molecular complexity index is 478. The number of anilines is 1. The first-order valence-corrected chi connectivity index (χ1v) is 5.51. The number of aromatic carboxylic acids is 1. The maximum Gasteiger partial charge on any atom is 0.335 e. The highest BCUT2D eigenvalue weighted by molar-refractivity contribution is 5.88. The normalized spacial score (nSPS) is 12.1. The number of methoxy groups -OCH3 is 1. The summed E-state index contributed by atoms with van der Waals surface area (Å²) in [5.74, 6) is -2.35. The van der Waals surface area contributed by atoms with E-state index < -0.39 is 30.8 Å². The average molecular weight is 291 g/mol. The van der Waals surface area contributed by atoms with Gasteiger partial charge in [-0.3, -0.25) is 0 Å². The maximum atomic E-state index is 14.0. The lowest BCUT2D eigenvalue weighted by molar-refractivity contribution is -0.144. The fraction of sp³-hybridized carbons (Fsp3) is 0.333. The zero-order valence-corrected chi connectivity index (χ0v) is 10.4. The standard InChI is InChI=1S/C12H12F3NO4/c1-20-12(19)9(6-10(13)14)16(15)8-4-2-7(3-5-8)11(17)18/h2-5,9-10H,6H2,1H3,(H,17,18). The Morgan fingerprint density at radius 1 is 1.30 bits per heavy atom. The predicted octanol–water partition coefficient (Wildman–Crippen LogP) is 2.27. The Labute approximate surface area is 112 Å². The lowest BCUT2D eigenvalue weighted by Gasteiger charge is -2.22. The Kier molecular flexibility index (Phi) is 5.36. The van der Waals surface area contributed by atoms with Crippen LogP contribution in [0, 0.1) is 0 Å². The van der Waals surface area contributed by atoms with Crippen LogP contribution in [0.3, 0.4) is 0 Å². The number of nitrogens with zero attached hydrogens (tertiary/aromatic N) is 1. The van der Waals surface area contributed by atoms with E-state index in [4.69, 9.17) is 5.11 Å². The van der Waals surface area contributed by atoms with Crippen LogP contribution in [0.25, 0.3) is 0 Å². The maximum absolute atomic E-state index is 14.0. The topological polar surface area (TPSA) is 66.8 Å². The van der Waals surface area contributed by atoms with E-state index >= 15 is 0 Å². The van der Waals surface area contributed by atoms with Crippen molar-refractivity contribution >= 4 is 17.6 Å². The van der Waals surface area contributed by atoms with E-state index in [1.807, 2.05) is 0 Å². The van der Waals surface area contributed by atoms with Gasteiger partial charge < -0.3 is 9.84 Å². The van der Waals surface area contributed by atoms with Crippen molar-refractivity contribution in [2.24, 2.45) is 0 Å². The second-order valence-electron chi connectivity index (χ2n) is 3.83. The Hall–Kier alpha value is -2.25. The zero-order valence-electron chi connectivity index (χ0n) is 10.4. The monoisotopic (exact) mass is 291 g/mol. The highest BCUT2D eigenvalue weighted by Crippen LogP contribution is 2.22. The van der Waals surface area contributed by atoms with Crippen molar-refractivity contribution in [2.45, 2.75) is 18.9 Å². The van der Waals surface area contributed by atoms with Crippen molar-refractivity contribution in [3.8, 4) is 0 Å². The SMILES string of the molecule is COC(=O)C(CC(F)F)N(F)c1ccc(C(=O)O)cc1. The summed E-state index contributed by atoms with van der Waals surface area (Å²) in [5.41, 5.74) is -0.309. The molecule has 1 atom stereocenters. The van der Waals surface area contributed by atoms with E-state index in [2.05, 4.69) is 4.74 Å². The molecular weight excluding hydrogens is 279 g/mol. The summed E-state index contributed by atoms with van der Waals surface area (Å²) in [6.07, 6.45) is -3.93. The number of esters is 1. The Morgan fingerprint density at radius 2 is 1.85 bits per heavy atom. The predicted molar refractivity (Wildman–Crippen MR) is 63.4 cm³/mol. The summed E-state index contributed by atoms with van der Waals surface area (Å²) in [6, 6.07) is 2.55. The molecule has 1 rings (SSSR count). The largest absolute Gasteiger partial charge is 0.478 e. The highest BCUT2D eigenvalue weighted by atomic mass is 19.3. The minimum Gasteiger partial charge on any atom is -0.478 e. The molecule has 0 saturated carbocycles. The number of carboxylic acid groups (broad SMARTS) is 1. The van der Waals surface area contributed by atoms with Crippen molar-refractivity contribution in [3.63, 3.8) is 0 Å². The molecule has 0 amide bonds. The first-order chi connectivity index (χ1) is 9.36. The molecule has 0 radical (unpaired) electrons. The van der Waals surface area contributed by atoms with Crippen LogP contribution in [0.2, 0.25) is 0 Å². The molecule has 1 aromatic carbocycles. The van der Waals surface area contributed by atoms with Crippen molar-refractivity contribution in [2.75, 3.05) is 12.2 Å². The van der Waals surface area contributed by atoms with Gasteiger partial charge in [0.1, 0.15) is 0 Å². The van der Waals surface area contributed by atoms with Crippen LogP contribution in [0.1, 0.15) is 16.8 Å². The van der Waals surface area contributed by atoms with Gasteiger partial charge in [-0.1, -0.05) is 4.48 Å². The van der Waals surface area contributed by atoms with Crippen molar-refractivity contribution in [3.05, 3.63) is 29.8 Å². The average Bonchev–Trinajstić information content (AvgIpc) is 2.43. The van der Waals surface area contributed by atoms with E-state index in [1.165, 1.54) is 0 Å². The molecule has 0 saturated heterocycles. The number of carboxylic acids is 1. The molecule has 0 aliphatic carbocycles. The third kappa shape index (κ3) is 3.87. The van der Waals surface area contributed by atoms with Crippen molar-refractivity contribution in [1.29, 1.82) is 0 Å². The van der Waals surface area contributed by atoms with E-state index in [0.29, 0.717) is 0 Å². The number of hydrogen-bond acceptors (Lipinski definition) is 4. The smallest absolute Gasteiger partial charge is 0.335 e. The van der Waals surface area contributed by atoms with Gasteiger partial charge in [-0.25, -0.2) is 18.4 Å². The minimum atomic E-state index is -2.89. The molecule has 0 aliphatic heterocycles. The van der Waals surface area contributed by atoms with Crippen LogP contribution in [0.4, 0.5) is 18.9 Å². The highest BCUT2D eigenvalue weighted by Gasteiger charge is 2.31. The fourth-order valence-electron chi connectivity index (χ4n) is 1.51. The van der Waals surface area contributed by atoms with Crippen LogP contribution in [-0.2, 0) is 9.53 Å². The number of hydrogen-bond donors (Lipinski definition) is 1. The van der Waals surface area contributed by atoms with Gasteiger partial charge in [0.15, 0.2) is 6.04 Å². The van der Waals surface area contributed by atoms with Gasteiger partial charge in [-0.05, 0) is 24.3 Å². The van der Waals surface area contributed by atoms with Gasteiger partial charge in [0.05, 0.1) is 18.4 Å². The Balaban J connectivity index is 2.96. The van der Waals surface area contributed by atoms with E-state index in [0.717, 1.165) is 31.4 Å². The quantitative estimate of drug-likeness (QED) is 0.643. The number of ether oxygens (including phenoxy) is 1. The van der Waals surface area contributed by atoms with Crippen LogP contribution in [0.5, 0.6) is 0 Å². The zero-order chi connectivity index (χ0) is 15.3. The van der Waals surface area contributed by atoms with Crippen LogP contribution >= 0.6 is 0 Å². The van der Waals surface area contributed by atoms with Gasteiger partial charge in [-0.15, -0.1) is 0 Å².